The zero-order chi connectivity index (χ0) is 16.3. The SMILES string of the molecule is CC(C)Oc1ccc2c(c1)N(C)C(=O)N(CCCC(=O)O)S2. The van der Waals surface area contributed by atoms with E-state index in [-0.39, 0.29) is 18.6 Å². The van der Waals surface area contributed by atoms with Gasteiger partial charge in [0.1, 0.15) is 5.75 Å². The van der Waals surface area contributed by atoms with Crippen molar-refractivity contribution in [3.63, 3.8) is 0 Å². The molecule has 2 amide bonds. The largest absolute Gasteiger partial charge is 0.491 e. The molecule has 1 heterocycles. The maximum atomic E-state index is 12.3. The van der Waals surface area contributed by atoms with E-state index in [0.717, 1.165) is 16.3 Å². The van der Waals surface area contributed by atoms with Crippen LogP contribution < -0.4 is 9.64 Å². The van der Waals surface area contributed by atoms with E-state index in [4.69, 9.17) is 9.84 Å². The van der Waals surface area contributed by atoms with Crippen LogP contribution in [0, 0.1) is 0 Å². The van der Waals surface area contributed by atoms with E-state index >= 15 is 0 Å². The molecule has 7 heteroatoms. The Morgan fingerprint density at radius 1 is 1.41 bits per heavy atom. The van der Waals surface area contributed by atoms with Crippen LogP contribution in [0.1, 0.15) is 26.7 Å². The van der Waals surface area contributed by atoms with Crippen LogP contribution in [0.25, 0.3) is 0 Å². The van der Waals surface area contributed by atoms with E-state index in [1.807, 2.05) is 32.0 Å². The summed E-state index contributed by atoms with van der Waals surface area (Å²) in [6.45, 7) is 4.31. The molecule has 1 aromatic rings. The first-order valence-electron chi connectivity index (χ1n) is 7.14. The molecular formula is C15H20N2O4S. The van der Waals surface area contributed by atoms with Crippen LogP contribution in [-0.2, 0) is 4.79 Å². The zero-order valence-electron chi connectivity index (χ0n) is 12.9. The van der Waals surface area contributed by atoms with Gasteiger partial charge >= 0.3 is 12.0 Å². The molecule has 1 N–H and O–H groups in total. The Bertz CT molecular complexity index is 577. The average Bonchev–Trinajstić information content (AvgIpc) is 2.44. The fourth-order valence-electron chi connectivity index (χ4n) is 2.13. The number of anilines is 1. The van der Waals surface area contributed by atoms with E-state index in [1.54, 1.807) is 16.3 Å². The smallest absolute Gasteiger partial charge is 0.334 e. The summed E-state index contributed by atoms with van der Waals surface area (Å²) in [6.07, 6.45) is 0.566. The van der Waals surface area contributed by atoms with Crippen LogP contribution in [0.4, 0.5) is 10.5 Å². The van der Waals surface area contributed by atoms with Crippen molar-refractivity contribution in [1.29, 1.82) is 0 Å². The number of carboxylic acids is 1. The number of carboxylic acid groups (broad SMARTS) is 1. The van der Waals surface area contributed by atoms with Crippen molar-refractivity contribution >= 4 is 29.6 Å². The molecule has 0 bridgehead atoms. The molecule has 1 aliphatic heterocycles. The Hall–Kier alpha value is -1.89. The lowest BCUT2D eigenvalue weighted by molar-refractivity contribution is -0.137. The molecule has 1 aromatic carbocycles. The van der Waals surface area contributed by atoms with Gasteiger partial charge in [-0.05, 0) is 44.3 Å². The van der Waals surface area contributed by atoms with Crippen molar-refractivity contribution in [2.75, 3.05) is 18.5 Å². The summed E-state index contributed by atoms with van der Waals surface area (Å²) in [5.74, 6) is -0.119. The van der Waals surface area contributed by atoms with Crippen molar-refractivity contribution in [2.45, 2.75) is 37.7 Å². The molecular weight excluding hydrogens is 304 g/mol. The van der Waals surface area contributed by atoms with Gasteiger partial charge in [0, 0.05) is 26.1 Å². The van der Waals surface area contributed by atoms with Gasteiger partial charge in [0.05, 0.1) is 16.7 Å². The third-order valence-electron chi connectivity index (χ3n) is 3.12. The fourth-order valence-corrected chi connectivity index (χ4v) is 3.20. The van der Waals surface area contributed by atoms with Gasteiger partial charge in [0.2, 0.25) is 0 Å². The maximum absolute atomic E-state index is 12.3. The monoisotopic (exact) mass is 324 g/mol. The van der Waals surface area contributed by atoms with Crippen molar-refractivity contribution in [3.8, 4) is 5.75 Å². The molecule has 0 aromatic heterocycles. The second kappa shape index (κ2) is 6.91. The molecule has 0 radical (unpaired) electrons. The maximum Gasteiger partial charge on any atom is 0.334 e. The van der Waals surface area contributed by atoms with Crippen molar-refractivity contribution in [3.05, 3.63) is 18.2 Å². The van der Waals surface area contributed by atoms with Gasteiger partial charge in [-0.2, -0.15) is 0 Å². The lowest BCUT2D eigenvalue weighted by Gasteiger charge is -2.33. The zero-order valence-corrected chi connectivity index (χ0v) is 13.7. The molecule has 0 saturated heterocycles. The first-order valence-corrected chi connectivity index (χ1v) is 7.91. The third kappa shape index (κ3) is 3.85. The molecule has 0 fully saturated rings. The summed E-state index contributed by atoms with van der Waals surface area (Å²) in [4.78, 5) is 25.4. The molecule has 1 aliphatic rings. The average molecular weight is 324 g/mol. The van der Waals surface area contributed by atoms with Gasteiger partial charge < -0.3 is 9.84 Å². The Morgan fingerprint density at radius 3 is 2.77 bits per heavy atom. The highest BCUT2D eigenvalue weighted by Crippen LogP contribution is 2.40. The molecule has 0 aliphatic carbocycles. The summed E-state index contributed by atoms with van der Waals surface area (Å²) in [7, 11) is 1.71. The van der Waals surface area contributed by atoms with E-state index in [2.05, 4.69) is 0 Å². The first kappa shape index (κ1) is 16.5. The topological polar surface area (TPSA) is 70.1 Å². The Kier molecular flexibility index (Phi) is 5.18. The van der Waals surface area contributed by atoms with Gasteiger partial charge in [-0.25, -0.2) is 4.79 Å². The molecule has 0 atom stereocenters. The summed E-state index contributed by atoms with van der Waals surface area (Å²) in [5, 5.41) is 8.69. The molecule has 6 nitrogen and oxygen atoms in total. The standard InChI is InChI=1S/C15H20N2O4S/c1-10(2)21-11-6-7-13-12(9-11)16(3)15(20)17(22-13)8-4-5-14(18)19/h6-7,9-10H,4-5,8H2,1-3H3,(H,18,19). The molecule has 0 spiro atoms. The van der Waals surface area contributed by atoms with E-state index in [1.165, 1.54) is 11.9 Å². The van der Waals surface area contributed by atoms with Crippen LogP contribution in [0.2, 0.25) is 0 Å². The highest BCUT2D eigenvalue weighted by Gasteiger charge is 2.29. The highest BCUT2D eigenvalue weighted by molar-refractivity contribution is 7.97. The second-order valence-corrected chi connectivity index (χ2v) is 6.39. The van der Waals surface area contributed by atoms with Crippen molar-refractivity contribution in [2.24, 2.45) is 0 Å². The molecule has 0 unspecified atom stereocenters. The number of ether oxygens (including phenoxy) is 1. The number of urea groups is 1. The summed E-state index contributed by atoms with van der Waals surface area (Å²) < 4.78 is 7.25. The minimum atomic E-state index is -0.848. The van der Waals surface area contributed by atoms with Gasteiger partial charge in [0.15, 0.2) is 0 Å². The van der Waals surface area contributed by atoms with Crippen LogP contribution in [0.15, 0.2) is 23.1 Å². The summed E-state index contributed by atoms with van der Waals surface area (Å²) in [5.41, 5.74) is 0.808. The number of carbonyl (C=O) groups is 2. The summed E-state index contributed by atoms with van der Waals surface area (Å²) in [6, 6.07) is 5.51. The first-order chi connectivity index (χ1) is 10.4. The molecule has 2 rings (SSSR count). The van der Waals surface area contributed by atoms with E-state index in [9.17, 15) is 9.59 Å². The number of nitrogens with zero attached hydrogens (tertiary/aromatic N) is 2. The second-order valence-electron chi connectivity index (χ2n) is 5.33. The molecule has 22 heavy (non-hydrogen) atoms. The lowest BCUT2D eigenvalue weighted by atomic mass is 10.2. The number of aliphatic carboxylic acids is 1. The molecule has 120 valence electrons. The highest BCUT2D eigenvalue weighted by atomic mass is 32.2. The number of fused-ring (bicyclic) bond motifs is 1. The number of benzene rings is 1. The summed E-state index contributed by atoms with van der Waals surface area (Å²) >= 11 is 1.34. The van der Waals surface area contributed by atoms with E-state index < -0.39 is 5.97 Å². The van der Waals surface area contributed by atoms with E-state index in [0.29, 0.717) is 13.0 Å². The van der Waals surface area contributed by atoms with Gasteiger partial charge in [0.25, 0.3) is 0 Å². The minimum absolute atomic E-state index is 0.0576. The van der Waals surface area contributed by atoms with Gasteiger partial charge in [-0.3, -0.25) is 14.0 Å². The van der Waals surface area contributed by atoms with Crippen LogP contribution >= 0.6 is 11.9 Å². The fraction of sp³-hybridized carbons (Fsp3) is 0.467. The number of hydrogen-bond acceptors (Lipinski definition) is 4. The van der Waals surface area contributed by atoms with Gasteiger partial charge in [-0.1, -0.05) is 0 Å². The Morgan fingerprint density at radius 2 is 2.14 bits per heavy atom. The minimum Gasteiger partial charge on any atom is -0.491 e. The van der Waals surface area contributed by atoms with Crippen molar-refractivity contribution in [1.82, 2.24) is 4.31 Å². The number of carbonyl (C=O) groups excluding carboxylic acids is 1. The third-order valence-corrected chi connectivity index (χ3v) is 4.23. The van der Waals surface area contributed by atoms with Crippen molar-refractivity contribution < 1.29 is 19.4 Å². The number of rotatable bonds is 6. The quantitative estimate of drug-likeness (QED) is 0.814. The van der Waals surface area contributed by atoms with Crippen LogP contribution in [0.3, 0.4) is 0 Å². The van der Waals surface area contributed by atoms with Crippen LogP contribution in [-0.4, -0.2) is 41.1 Å². The number of amides is 2. The molecule has 0 saturated carbocycles. The normalized spacial score (nSPS) is 14.3. The van der Waals surface area contributed by atoms with Gasteiger partial charge in [-0.15, -0.1) is 0 Å². The number of hydrogen-bond donors (Lipinski definition) is 1. The van der Waals surface area contributed by atoms with Crippen LogP contribution in [0.5, 0.6) is 5.75 Å². The lowest BCUT2D eigenvalue weighted by Crippen LogP contribution is -2.41. The predicted molar refractivity (Wildman–Crippen MR) is 85.4 cm³/mol. The Labute approximate surface area is 134 Å². The predicted octanol–water partition coefficient (Wildman–Crippen LogP) is 3.22. The Balaban J connectivity index is 2.12.